The van der Waals surface area contributed by atoms with Crippen LogP contribution in [0.3, 0.4) is 0 Å². The van der Waals surface area contributed by atoms with Crippen LogP contribution < -0.4 is 5.32 Å². The van der Waals surface area contributed by atoms with Gasteiger partial charge in [0, 0.05) is 17.9 Å². The summed E-state index contributed by atoms with van der Waals surface area (Å²) in [5.41, 5.74) is 0.655. The van der Waals surface area contributed by atoms with Gasteiger partial charge >= 0.3 is 0 Å². The van der Waals surface area contributed by atoms with Crippen LogP contribution in [0.5, 0.6) is 5.75 Å². The molecule has 3 nitrogen and oxygen atoms in total. The number of hydrogen-bond donors (Lipinski definition) is 2. The van der Waals surface area contributed by atoms with E-state index in [1.54, 1.807) is 19.1 Å². The Bertz CT molecular complexity index is 534. The van der Waals surface area contributed by atoms with Gasteiger partial charge in [-0.05, 0) is 11.5 Å². The number of aromatic hydroxyl groups is 1. The van der Waals surface area contributed by atoms with Crippen LogP contribution in [0.4, 0.5) is 5.69 Å². The Morgan fingerprint density at radius 3 is 2.81 bits per heavy atom. The highest BCUT2D eigenvalue weighted by Gasteiger charge is 2.05. The molecule has 1 amide bonds. The zero-order valence-electron chi connectivity index (χ0n) is 9.03. The Hall–Kier alpha value is -2.03. The van der Waals surface area contributed by atoms with Gasteiger partial charge in [0.15, 0.2) is 0 Å². The second kappa shape index (κ2) is 4.23. The molecular formula is C13H13NO2. The summed E-state index contributed by atoms with van der Waals surface area (Å²) in [6.07, 6.45) is 0.421. The van der Waals surface area contributed by atoms with Crippen LogP contribution in [0, 0.1) is 0 Å². The zero-order valence-corrected chi connectivity index (χ0v) is 9.03. The van der Waals surface area contributed by atoms with Gasteiger partial charge in [-0.2, -0.15) is 0 Å². The molecule has 0 aliphatic heterocycles. The van der Waals surface area contributed by atoms with E-state index < -0.39 is 0 Å². The highest BCUT2D eigenvalue weighted by atomic mass is 16.3. The molecule has 0 unspecified atom stereocenters. The fraction of sp³-hybridized carbons (Fsp3) is 0.154. The molecule has 2 rings (SSSR count). The smallest absolute Gasteiger partial charge is 0.224 e. The van der Waals surface area contributed by atoms with Gasteiger partial charge in [0.1, 0.15) is 5.75 Å². The average Bonchev–Trinajstić information content (AvgIpc) is 2.28. The molecule has 3 heteroatoms. The molecule has 0 saturated heterocycles. The topological polar surface area (TPSA) is 49.3 Å². The molecule has 0 aliphatic rings. The van der Waals surface area contributed by atoms with Crippen molar-refractivity contribution in [1.29, 1.82) is 0 Å². The van der Waals surface area contributed by atoms with Crippen molar-refractivity contribution in [3.63, 3.8) is 0 Å². The molecule has 0 bridgehead atoms. The van der Waals surface area contributed by atoms with E-state index in [2.05, 4.69) is 5.32 Å². The molecular weight excluding hydrogens is 202 g/mol. The number of nitrogens with one attached hydrogen (secondary N) is 1. The fourth-order valence-corrected chi connectivity index (χ4v) is 1.64. The first-order valence-electron chi connectivity index (χ1n) is 5.22. The van der Waals surface area contributed by atoms with E-state index in [0.29, 0.717) is 12.1 Å². The Morgan fingerprint density at radius 2 is 2.06 bits per heavy atom. The van der Waals surface area contributed by atoms with Crippen molar-refractivity contribution in [2.24, 2.45) is 0 Å². The second-order valence-electron chi connectivity index (χ2n) is 3.62. The zero-order chi connectivity index (χ0) is 11.5. The molecule has 2 aromatic carbocycles. The van der Waals surface area contributed by atoms with Crippen molar-refractivity contribution >= 4 is 22.4 Å². The van der Waals surface area contributed by atoms with Crippen molar-refractivity contribution in [3.8, 4) is 5.75 Å². The van der Waals surface area contributed by atoms with Crippen LogP contribution in [0.15, 0.2) is 36.4 Å². The summed E-state index contributed by atoms with van der Waals surface area (Å²) >= 11 is 0. The van der Waals surface area contributed by atoms with Crippen LogP contribution in [0.1, 0.15) is 13.3 Å². The first-order chi connectivity index (χ1) is 7.70. The number of rotatable bonds is 2. The fourth-order valence-electron chi connectivity index (χ4n) is 1.64. The normalized spacial score (nSPS) is 10.3. The SMILES string of the molecule is CCC(=O)Nc1cc(O)cc2ccccc12. The quantitative estimate of drug-likeness (QED) is 0.809. The third-order valence-electron chi connectivity index (χ3n) is 2.44. The van der Waals surface area contributed by atoms with Crippen molar-refractivity contribution in [1.82, 2.24) is 0 Å². The largest absolute Gasteiger partial charge is 0.508 e. The lowest BCUT2D eigenvalue weighted by molar-refractivity contribution is -0.115. The molecule has 0 atom stereocenters. The summed E-state index contributed by atoms with van der Waals surface area (Å²) in [5.74, 6) is 0.0980. The lowest BCUT2D eigenvalue weighted by Gasteiger charge is -2.08. The van der Waals surface area contributed by atoms with Gasteiger partial charge in [-0.3, -0.25) is 4.79 Å². The Kier molecular flexibility index (Phi) is 2.77. The van der Waals surface area contributed by atoms with E-state index in [1.807, 2.05) is 24.3 Å². The first kappa shape index (κ1) is 10.5. The maximum Gasteiger partial charge on any atom is 0.224 e. The molecule has 0 aliphatic carbocycles. The molecule has 2 N–H and O–H groups in total. The van der Waals surface area contributed by atoms with E-state index in [0.717, 1.165) is 10.8 Å². The minimum Gasteiger partial charge on any atom is -0.508 e. The molecule has 0 spiro atoms. The summed E-state index contributed by atoms with van der Waals surface area (Å²) < 4.78 is 0. The number of phenolic OH excluding ortho intramolecular Hbond substituents is 1. The van der Waals surface area contributed by atoms with E-state index in [9.17, 15) is 9.90 Å². The van der Waals surface area contributed by atoms with Crippen LogP contribution in [0.2, 0.25) is 0 Å². The predicted octanol–water partition coefficient (Wildman–Crippen LogP) is 2.89. The highest BCUT2D eigenvalue weighted by Crippen LogP contribution is 2.28. The van der Waals surface area contributed by atoms with Crippen molar-refractivity contribution < 1.29 is 9.90 Å². The molecule has 0 saturated carbocycles. The Morgan fingerprint density at radius 1 is 1.31 bits per heavy atom. The second-order valence-corrected chi connectivity index (χ2v) is 3.62. The van der Waals surface area contributed by atoms with Crippen LogP contribution in [-0.2, 0) is 4.79 Å². The number of carbonyl (C=O) groups excluding carboxylic acids is 1. The lowest BCUT2D eigenvalue weighted by Crippen LogP contribution is -2.09. The first-order valence-corrected chi connectivity index (χ1v) is 5.22. The average molecular weight is 215 g/mol. The van der Waals surface area contributed by atoms with E-state index in [1.165, 1.54) is 0 Å². The predicted molar refractivity (Wildman–Crippen MR) is 64.5 cm³/mol. The maximum atomic E-state index is 11.3. The van der Waals surface area contributed by atoms with E-state index in [-0.39, 0.29) is 11.7 Å². The van der Waals surface area contributed by atoms with Crippen LogP contribution in [0.25, 0.3) is 10.8 Å². The summed E-state index contributed by atoms with van der Waals surface area (Å²) in [7, 11) is 0. The summed E-state index contributed by atoms with van der Waals surface area (Å²) in [6.45, 7) is 1.79. The number of carbonyl (C=O) groups is 1. The standard InChI is InChI=1S/C13H13NO2/c1-2-13(16)14-12-8-10(15)7-9-5-3-4-6-11(9)12/h3-8,15H,2H2,1H3,(H,14,16). The number of hydrogen-bond acceptors (Lipinski definition) is 2. The number of benzene rings is 2. The van der Waals surface area contributed by atoms with Gasteiger partial charge in [0.2, 0.25) is 5.91 Å². The van der Waals surface area contributed by atoms with Gasteiger partial charge in [-0.15, -0.1) is 0 Å². The maximum absolute atomic E-state index is 11.3. The van der Waals surface area contributed by atoms with Gasteiger partial charge in [0.25, 0.3) is 0 Å². The molecule has 2 aromatic rings. The van der Waals surface area contributed by atoms with Gasteiger partial charge in [-0.1, -0.05) is 31.2 Å². The number of amides is 1. The molecule has 16 heavy (non-hydrogen) atoms. The summed E-state index contributed by atoms with van der Waals surface area (Å²) in [4.78, 5) is 11.3. The van der Waals surface area contributed by atoms with Crippen molar-refractivity contribution in [2.75, 3.05) is 5.32 Å². The van der Waals surface area contributed by atoms with E-state index >= 15 is 0 Å². The molecule has 0 aromatic heterocycles. The van der Waals surface area contributed by atoms with Crippen molar-refractivity contribution in [3.05, 3.63) is 36.4 Å². The minimum atomic E-state index is -0.0595. The van der Waals surface area contributed by atoms with Gasteiger partial charge in [0.05, 0.1) is 5.69 Å². The third kappa shape index (κ3) is 1.98. The van der Waals surface area contributed by atoms with Gasteiger partial charge in [-0.25, -0.2) is 0 Å². The number of phenols is 1. The summed E-state index contributed by atoms with van der Waals surface area (Å²) in [5, 5.41) is 14.2. The number of fused-ring (bicyclic) bond motifs is 1. The van der Waals surface area contributed by atoms with Crippen LogP contribution in [-0.4, -0.2) is 11.0 Å². The molecule has 82 valence electrons. The van der Waals surface area contributed by atoms with E-state index in [4.69, 9.17) is 0 Å². The monoisotopic (exact) mass is 215 g/mol. The molecule has 0 heterocycles. The van der Waals surface area contributed by atoms with Crippen molar-refractivity contribution in [2.45, 2.75) is 13.3 Å². The molecule has 0 radical (unpaired) electrons. The van der Waals surface area contributed by atoms with Crippen LogP contribution >= 0.6 is 0 Å². The third-order valence-corrected chi connectivity index (χ3v) is 2.44. The Labute approximate surface area is 93.7 Å². The lowest BCUT2D eigenvalue weighted by atomic mass is 10.1. The van der Waals surface area contributed by atoms with Gasteiger partial charge < -0.3 is 10.4 Å². The minimum absolute atomic E-state index is 0.0595. The Balaban J connectivity index is 2.54. The highest BCUT2D eigenvalue weighted by molar-refractivity contribution is 6.02. The summed E-state index contributed by atoms with van der Waals surface area (Å²) in [6, 6.07) is 10.9. The molecule has 0 fully saturated rings. The number of anilines is 1.